The number of aryl methyl sites for hydroxylation is 2. The van der Waals surface area contributed by atoms with Gasteiger partial charge in [-0.15, -0.1) is 0 Å². The number of nitrogens with zero attached hydrogens (tertiary/aromatic N) is 4. The monoisotopic (exact) mass is 628 g/mol. The molecule has 1 aliphatic rings. The van der Waals surface area contributed by atoms with Crippen molar-refractivity contribution >= 4 is 23.2 Å². The minimum atomic E-state index is -0.503. The quantitative estimate of drug-likeness (QED) is 0.162. The zero-order valence-corrected chi connectivity index (χ0v) is 26.8. The highest BCUT2D eigenvalue weighted by Crippen LogP contribution is 2.33. The van der Waals surface area contributed by atoms with Gasteiger partial charge in [-0.25, -0.2) is 9.37 Å². The lowest BCUT2D eigenvalue weighted by molar-refractivity contribution is 0.102. The summed E-state index contributed by atoms with van der Waals surface area (Å²) in [7, 11) is 2.13. The Balaban J connectivity index is 1.31. The van der Waals surface area contributed by atoms with Crippen LogP contribution in [0.25, 0.3) is 0 Å². The summed E-state index contributed by atoms with van der Waals surface area (Å²) in [6, 6.07) is 17.5. The van der Waals surface area contributed by atoms with Crippen molar-refractivity contribution in [2.75, 3.05) is 63.6 Å². The summed E-state index contributed by atoms with van der Waals surface area (Å²) >= 11 is 0. The number of piperazine rings is 1. The molecule has 11 heteroatoms. The highest BCUT2D eigenvalue weighted by Gasteiger charge is 2.21. The predicted molar refractivity (Wildman–Crippen MR) is 177 cm³/mol. The SMILES string of the molecule is CCOc1ccccc1Oc1nc(Nc2ccc(OCCCN3CCN(C)CC3)c(F)c2)ncc1C(=O)Nc1c(C)cccc1C. The number of halogens is 1. The van der Waals surface area contributed by atoms with Crippen LogP contribution in [0.4, 0.5) is 21.7 Å². The third kappa shape index (κ3) is 8.49. The number of hydrogen-bond donors (Lipinski definition) is 2. The van der Waals surface area contributed by atoms with E-state index < -0.39 is 11.7 Å². The van der Waals surface area contributed by atoms with Crippen molar-refractivity contribution in [1.29, 1.82) is 0 Å². The molecule has 0 aliphatic carbocycles. The minimum absolute atomic E-state index is 0.00849. The number of ether oxygens (including phenoxy) is 3. The molecule has 242 valence electrons. The van der Waals surface area contributed by atoms with E-state index in [1.807, 2.05) is 45.0 Å². The molecule has 0 atom stereocenters. The lowest BCUT2D eigenvalue weighted by Crippen LogP contribution is -2.44. The van der Waals surface area contributed by atoms with Gasteiger partial charge < -0.3 is 34.6 Å². The van der Waals surface area contributed by atoms with E-state index in [2.05, 4.69) is 37.4 Å². The molecule has 1 fully saturated rings. The molecular formula is C35H41FN6O4. The van der Waals surface area contributed by atoms with Gasteiger partial charge in [-0.05, 0) is 69.6 Å². The second-order valence-electron chi connectivity index (χ2n) is 11.2. The van der Waals surface area contributed by atoms with Gasteiger partial charge in [-0.3, -0.25) is 4.79 Å². The van der Waals surface area contributed by atoms with Crippen LogP contribution >= 0.6 is 0 Å². The van der Waals surface area contributed by atoms with Crippen molar-refractivity contribution in [2.45, 2.75) is 27.2 Å². The van der Waals surface area contributed by atoms with E-state index >= 15 is 0 Å². The first kappa shape index (κ1) is 32.6. The number of nitrogens with one attached hydrogen (secondary N) is 2. The molecule has 1 aromatic heterocycles. The summed E-state index contributed by atoms with van der Waals surface area (Å²) in [5.74, 6) is 0.252. The van der Waals surface area contributed by atoms with E-state index in [0.717, 1.165) is 50.3 Å². The van der Waals surface area contributed by atoms with E-state index in [1.54, 1.807) is 30.3 Å². The van der Waals surface area contributed by atoms with Crippen molar-refractivity contribution in [3.8, 4) is 23.1 Å². The highest BCUT2D eigenvalue weighted by molar-refractivity contribution is 6.06. The molecule has 0 saturated carbocycles. The number of anilines is 3. The fraction of sp³-hybridized carbons (Fsp3) is 0.343. The first-order valence-corrected chi connectivity index (χ1v) is 15.5. The molecule has 2 N–H and O–H groups in total. The largest absolute Gasteiger partial charge is 0.490 e. The summed E-state index contributed by atoms with van der Waals surface area (Å²) < 4.78 is 32.6. The Morgan fingerprint density at radius 1 is 0.935 bits per heavy atom. The summed E-state index contributed by atoms with van der Waals surface area (Å²) in [4.78, 5) is 27.1. The maximum Gasteiger partial charge on any atom is 0.262 e. The third-order valence-electron chi connectivity index (χ3n) is 7.73. The normalized spacial score (nSPS) is 13.7. The van der Waals surface area contributed by atoms with E-state index in [1.165, 1.54) is 12.3 Å². The van der Waals surface area contributed by atoms with Crippen LogP contribution in [0.15, 0.2) is 66.9 Å². The fourth-order valence-corrected chi connectivity index (χ4v) is 5.13. The van der Waals surface area contributed by atoms with Gasteiger partial charge in [0.15, 0.2) is 23.1 Å². The van der Waals surface area contributed by atoms with Crippen LogP contribution in [-0.4, -0.2) is 78.7 Å². The van der Waals surface area contributed by atoms with Crippen LogP contribution in [0.5, 0.6) is 23.1 Å². The average Bonchev–Trinajstić information content (AvgIpc) is 3.04. The molecule has 46 heavy (non-hydrogen) atoms. The van der Waals surface area contributed by atoms with Gasteiger partial charge in [0.25, 0.3) is 5.91 Å². The van der Waals surface area contributed by atoms with Gasteiger partial charge in [-0.1, -0.05) is 30.3 Å². The molecule has 1 saturated heterocycles. The van der Waals surface area contributed by atoms with Crippen molar-refractivity contribution in [2.24, 2.45) is 0 Å². The highest BCUT2D eigenvalue weighted by atomic mass is 19.1. The Labute approximate surface area is 269 Å². The lowest BCUT2D eigenvalue weighted by Gasteiger charge is -2.32. The number of amides is 1. The minimum Gasteiger partial charge on any atom is -0.490 e. The zero-order valence-electron chi connectivity index (χ0n) is 26.8. The number of benzene rings is 3. The molecule has 0 bridgehead atoms. The maximum absolute atomic E-state index is 15.0. The molecule has 0 radical (unpaired) electrons. The van der Waals surface area contributed by atoms with Crippen LogP contribution in [0.2, 0.25) is 0 Å². The van der Waals surface area contributed by atoms with Gasteiger partial charge in [0.05, 0.1) is 13.2 Å². The van der Waals surface area contributed by atoms with Crippen molar-refractivity contribution in [3.05, 3.63) is 89.4 Å². The summed E-state index contributed by atoms with van der Waals surface area (Å²) in [5.41, 5.74) is 3.07. The van der Waals surface area contributed by atoms with E-state index in [0.29, 0.717) is 36.1 Å². The van der Waals surface area contributed by atoms with Crippen molar-refractivity contribution < 1.29 is 23.4 Å². The molecule has 10 nitrogen and oxygen atoms in total. The van der Waals surface area contributed by atoms with Gasteiger partial charge in [-0.2, -0.15) is 4.98 Å². The lowest BCUT2D eigenvalue weighted by atomic mass is 10.1. The fourth-order valence-electron chi connectivity index (χ4n) is 5.13. The van der Waals surface area contributed by atoms with Crippen LogP contribution in [-0.2, 0) is 0 Å². The standard InChI is InChI=1S/C35H41FN6O4/c1-5-44-30-12-6-7-13-31(30)46-34-27(33(43)39-32-24(2)10-8-11-25(32)3)23-37-35(40-34)38-26-14-15-29(28(36)22-26)45-21-9-16-42-19-17-41(4)18-20-42/h6-8,10-15,22-23H,5,9,16-21H2,1-4H3,(H,39,43)(H,37,38,40). The number of carbonyl (C=O) groups excluding carboxylic acids is 1. The third-order valence-corrected chi connectivity index (χ3v) is 7.73. The number of aromatic nitrogens is 2. The maximum atomic E-state index is 15.0. The van der Waals surface area contributed by atoms with Crippen LogP contribution in [0.3, 0.4) is 0 Å². The number of rotatable bonds is 13. The molecule has 1 amide bonds. The number of carbonyl (C=O) groups is 1. The average molecular weight is 629 g/mol. The second kappa shape index (κ2) is 15.5. The molecule has 5 rings (SSSR count). The van der Waals surface area contributed by atoms with Gasteiger partial charge in [0.1, 0.15) is 5.56 Å². The Bertz CT molecular complexity index is 1620. The number of para-hydroxylation sites is 3. The van der Waals surface area contributed by atoms with E-state index in [4.69, 9.17) is 14.2 Å². The first-order chi connectivity index (χ1) is 22.3. The Hall–Kier alpha value is -4.74. The Morgan fingerprint density at radius 2 is 1.67 bits per heavy atom. The van der Waals surface area contributed by atoms with Gasteiger partial charge in [0.2, 0.25) is 11.8 Å². The summed E-state index contributed by atoms with van der Waals surface area (Å²) in [5, 5.41) is 5.98. The predicted octanol–water partition coefficient (Wildman–Crippen LogP) is 6.44. The van der Waals surface area contributed by atoms with Crippen LogP contribution < -0.4 is 24.8 Å². The first-order valence-electron chi connectivity index (χ1n) is 15.5. The summed E-state index contributed by atoms with van der Waals surface area (Å²) in [6.45, 7) is 11.7. The van der Waals surface area contributed by atoms with Crippen molar-refractivity contribution in [1.82, 2.24) is 19.8 Å². The van der Waals surface area contributed by atoms with Crippen LogP contribution in [0, 0.1) is 19.7 Å². The molecule has 4 aromatic rings. The van der Waals surface area contributed by atoms with Gasteiger partial charge >= 0.3 is 0 Å². The van der Waals surface area contributed by atoms with Crippen LogP contribution in [0.1, 0.15) is 34.8 Å². The van der Waals surface area contributed by atoms with E-state index in [9.17, 15) is 9.18 Å². The summed E-state index contributed by atoms with van der Waals surface area (Å²) in [6.07, 6.45) is 2.20. The molecule has 3 aromatic carbocycles. The van der Waals surface area contributed by atoms with Gasteiger partial charge in [0, 0.05) is 56.4 Å². The molecule has 2 heterocycles. The molecular weight excluding hydrogens is 587 g/mol. The van der Waals surface area contributed by atoms with E-state index in [-0.39, 0.29) is 23.1 Å². The second-order valence-corrected chi connectivity index (χ2v) is 11.2. The van der Waals surface area contributed by atoms with Crippen molar-refractivity contribution in [3.63, 3.8) is 0 Å². The smallest absolute Gasteiger partial charge is 0.262 e. The zero-order chi connectivity index (χ0) is 32.5. The molecule has 0 unspecified atom stereocenters. The molecule has 1 aliphatic heterocycles. The number of likely N-dealkylation sites (N-methyl/N-ethyl adjacent to an activating group) is 1. The topological polar surface area (TPSA) is 101 Å². The number of hydrogen-bond acceptors (Lipinski definition) is 9. The Kier molecular flexibility index (Phi) is 11.0. The molecule has 0 spiro atoms. The Morgan fingerprint density at radius 3 is 2.39 bits per heavy atom.